The van der Waals surface area contributed by atoms with E-state index in [2.05, 4.69) is 5.32 Å². The molecular weight excluding hydrogens is 342 g/mol. The van der Waals surface area contributed by atoms with Crippen molar-refractivity contribution in [2.45, 2.75) is 25.0 Å². The summed E-state index contributed by atoms with van der Waals surface area (Å²) in [6.45, 7) is 1.47. The summed E-state index contributed by atoms with van der Waals surface area (Å²) < 4.78 is 26.2. The zero-order valence-corrected chi connectivity index (χ0v) is 14.1. The summed E-state index contributed by atoms with van der Waals surface area (Å²) in [6, 6.07) is 9.90. The number of benzene rings is 2. The first-order valence-corrected chi connectivity index (χ1v) is 8.21. The quantitative estimate of drug-likeness (QED) is 0.806. The maximum absolute atomic E-state index is 13.2. The predicted molar refractivity (Wildman–Crippen MR) is 90.0 cm³/mol. The van der Waals surface area contributed by atoms with Gasteiger partial charge < -0.3 is 10.4 Å². The molecule has 0 saturated carbocycles. The number of imide groups is 1. The number of aliphatic hydroxyl groups excluding tert-OH is 1. The Morgan fingerprint density at radius 3 is 2.12 bits per heavy atom. The van der Waals surface area contributed by atoms with Gasteiger partial charge in [0.15, 0.2) is 0 Å². The van der Waals surface area contributed by atoms with Crippen LogP contribution in [-0.4, -0.2) is 28.5 Å². The lowest BCUT2D eigenvalue weighted by molar-refractivity contribution is -0.132. The van der Waals surface area contributed by atoms with Crippen molar-refractivity contribution in [1.29, 1.82) is 0 Å². The van der Waals surface area contributed by atoms with Gasteiger partial charge in [-0.1, -0.05) is 31.2 Å². The molecule has 0 unspecified atom stereocenters. The van der Waals surface area contributed by atoms with E-state index in [1.807, 2.05) is 0 Å². The topological polar surface area (TPSA) is 69.6 Å². The van der Waals surface area contributed by atoms with Crippen molar-refractivity contribution in [1.82, 2.24) is 10.2 Å². The summed E-state index contributed by atoms with van der Waals surface area (Å²) >= 11 is 0. The van der Waals surface area contributed by atoms with Crippen LogP contribution in [0.2, 0.25) is 0 Å². The summed E-state index contributed by atoms with van der Waals surface area (Å²) in [4.78, 5) is 26.3. The van der Waals surface area contributed by atoms with Crippen LogP contribution in [0.3, 0.4) is 0 Å². The molecule has 2 atom stereocenters. The zero-order valence-electron chi connectivity index (χ0n) is 14.1. The van der Waals surface area contributed by atoms with Gasteiger partial charge in [-0.05, 0) is 41.8 Å². The molecule has 0 aromatic heterocycles. The molecule has 136 valence electrons. The minimum atomic E-state index is -1.30. The third-order valence-electron chi connectivity index (χ3n) is 4.65. The van der Waals surface area contributed by atoms with Crippen LogP contribution in [0.5, 0.6) is 0 Å². The minimum absolute atomic E-state index is 0.265. The number of amides is 3. The molecule has 1 saturated heterocycles. The van der Waals surface area contributed by atoms with Crippen LogP contribution in [0, 0.1) is 11.6 Å². The molecule has 0 bridgehead atoms. The van der Waals surface area contributed by atoms with Crippen molar-refractivity contribution >= 4 is 11.9 Å². The van der Waals surface area contributed by atoms with Crippen LogP contribution in [0.15, 0.2) is 48.5 Å². The molecule has 0 radical (unpaired) electrons. The molecule has 2 N–H and O–H groups in total. The van der Waals surface area contributed by atoms with Gasteiger partial charge in [-0.15, -0.1) is 0 Å². The number of urea groups is 1. The molecule has 2 aromatic carbocycles. The number of hydrogen-bond donors (Lipinski definition) is 2. The molecule has 1 fully saturated rings. The van der Waals surface area contributed by atoms with Crippen LogP contribution >= 0.6 is 0 Å². The van der Waals surface area contributed by atoms with E-state index in [4.69, 9.17) is 0 Å². The molecule has 7 heteroatoms. The second-order valence-electron chi connectivity index (χ2n) is 6.18. The molecule has 5 nitrogen and oxygen atoms in total. The third kappa shape index (κ3) is 3.06. The number of nitrogens with one attached hydrogen (secondary N) is 1. The zero-order chi connectivity index (χ0) is 18.9. The first-order chi connectivity index (χ1) is 12.4. The van der Waals surface area contributed by atoms with E-state index in [1.165, 1.54) is 48.5 Å². The highest BCUT2D eigenvalue weighted by Gasteiger charge is 2.51. The summed E-state index contributed by atoms with van der Waals surface area (Å²) in [5, 5.41) is 13.0. The standard InChI is InChI=1S/C19H18F2N2O3/c1-2-19(13-5-9-15(21)10-6-13)17(25)23(18(26)22-19)11-16(24)12-3-7-14(20)8-4-12/h3-10,16,24H,2,11H2,1H3,(H,22,26)/t16-,19-/m0/s1. The average Bonchev–Trinajstić information content (AvgIpc) is 2.88. The summed E-state index contributed by atoms with van der Waals surface area (Å²) in [5.74, 6) is -1.41. The number of carbonyl (C=O) groups excluding carboxylic acids is 2. The Morgan fingerprint density at radius 1 is 1.04 bits per heavy atom. The van der Waals surface area contributed by atoms with Crippen LogP contribution in [0.1, 0.15) is 30.6 Å². The molecule has 0 spiro atoms. The maximum atomic E-state index is 13.2. The Morgan fingerprint density at radius 2 is 1.58 bits per heavy atom. The molecule has 1 aliphatic rings. The van der Waals surface area contributed by atoms with Crippen LogP contribution in [-0.2, 0) is 10.3 Å². The van der Waals surface area contributed by atoms with Crippen LogP contribution < -0.4 is 5.32 Å². The monoisotopic (exact) mass is 360 g/mol. The minimum Gasteiger partial charge on any atom is -0.387 e. The summed E-state index contributed by atoms with van der Waals surface area (Å²) in [5.41, 5.74) is -0.436. The van der Waals surface area contributed by atoms with Crippen molar-refractivity contribution in [3.8, 4) is 0 Å². The van der Waals surface area contributed by atoms with E-state index < -0.39 is 35.2 Å². The second-order valence-corrected chi connectivity index (χ2v) is 6.18. The highest BCUT2D eigenvalue weighted by atomic mass is 19.1. The van der Waals surface area contributed by atoms with E-state index in [1.54, 1.807) is 6.92 Å². The van der Waals surface area contributed by atoms with E-state index in [-0.39, 0.29) is 13.0 Å². The lowest BCUT2D eigenvalue weighted by Gasteiger charge is -2.26. The number of halogens is 2. The van der Waals surface area contributed by atoms with E-state index >= 15 is 0 Å². The first kappa shape index (κ1) is 18.0. The fraction of sp³-hybridized carbons (Fsp3) is 0.263. The summed E-state index contributed by atoms with van der Waals surface area (Å²) in [7, 11) is 0. The number of β-amino-alcohol motifs (C(OH)–C–C–N with tert-alkyl or cyclic N) is 1. The lowest BCUT2D eigenvalue weighted by Crippen LogP contribution is -2.43. The van der Waals surface area contributed by atoms with Crippen LogP contribution in [0.25, 0.3) is 0 Å². The van der Waals surface area contributed by atoms with E-state index in [9.17, 15) is 23.5 Å². The fourth-order valence-corrected chi connectivity index (χ4v) is 3.13. The molecule has 1 aliphatic heterocycles. The molecule has 3 rings (SSSR count). The van der Waals surface area contributed by atoms with Gasteiger partial charge in [-0.3, -0.25) is 9.69 Å². The van der Waals surface area contributed by atoms with Crippen molar-refractivity contribution in [3.05, 3.63) is 71.3 Å². The number of rotatable bonds is 5. The average molecular weight is 360 g/mol. The van der Waals surface area contributed by atoms with Gasteiger partial charge in [-0.2, -0.15) is 0 Å². The van der Waals surface area contributed by atoms with Crippen molar-refractivity contribution in [2.75, 3.05) is 6.54 Å². The van der Waals surface area contributed by atoms with Crippen molar-refractivity contribution in [2.24, 2.45) is 0 Å². The molecule has 3 amide bonds. The number of carbonyl (C=O) groups is 2. The smallest absolute Gasteiger partial charge is 0.325 e. The van der Waals surface area contributed by atoms with Gasteiger partial charge >= 0.3 is 6.03 Å². The molecule has 2 aromatic rings. The lowest BCUT2D eigenvalue weighted by atomic mass is 9.87. The first-order valence-electron chi connectivity index (χ1n) is 8.21. The second kappa shape index (κ2) is 6.84. The number of aliphatic hydroxyl groups is 1. The largest absolute Gasteiger partial charge is 0.387 e. The Labute approximate surface area is 149 Å². The van der Waals surface area contributed by atoms with Gasteiger partial charge in [0.05, 0.1) is 12.6 Å². The van der Waals surface area contributed by atoms with Crippen molar-refractivity contribution in [3.63, 3.8) is 0 Å². The Bertz CT molecular complexity index is 824. The summed E-state index contributed by atoms with van der Waals surface area (Å²) in [6.07, 6.45) is -0.877. The van der Waals surface area contributed by atoms with Gasteiger partial charge in [0, 0.05) is 0 Å². The third-order valence-corrected chi connectivity index (χ3v) is 4.65. The maximum Gasteiger partial charge on any atom is 0.325 e. The Kier molecular flexibility index (Phi) is 4.73. The van der Waals surface area contributed by atoms with Gasteiger partial charge in [-0.25, -0.2) is 13.6 Å². The van der Waals surface area contributed by atoms with Crippen LogP contribution in [0.4, 0.5) is 13.6 Å². The van der Waals surface area contributed by atoms with E-state index in [0.717, 1.165) is 4.90 Å². The van der Waals surface area contributed by atoms with E-state index in [0.29, 0.717) is 11.1 Å². The molecular formula is C19H18F2N2O3. The number of nitrogens with zero attached hydrogens (tertiary/aromatic N) is 1. The molecule has 26 heavy (non-hydrogen) atoms. The normalized spacial score (nSPS) is 21.0. The highest BCUT2D eigenvalue weighted by Crippen LogP contribution is 2.33. The Hall–Kier alpha value is -2.80. The predicted octanol–water partition coefficient (Wildman–Crippen LogP) is 2.86. The van der Waals surface area contributed by atoms with Gasteiger partial charge in [0.25, 0.3) is 5.91 Å². The number of hydrogen-bond acceptors (Lipinski definition) is 3. The molecule has 1 heterocycles. The van der Waals surface area contributed by atoms with Crippen molar-refractivity contribution < 1.29 is 23.5 Å². The molecule has 0 aliphatic carbocycles. The van der Waals surface area contributed by atoms with Gasteiger partial charge in [0.1, 0.15) is 17.2 Å². The SMILES string of the molecule is CC[C@@]1(c2ccc(F)cc2)NC(=O)N(C[C@H](O)c2ccc(F)cc2)C1=O. The fourth-order valence-electron chi connectivity index (χ4n) is 3.13. The van der Waals surface area contributed by atoms with Gasteiger partial charge in [0.2, 0.25) is 0 Å². The Balaban J connectivity index is 1.85. The highest BCUT2D eigenvalue weighted by molar-refractivity contribution is 6.07.